The lowest BCUT2D eigenvalue weighted by Gasteiger charge is -2.30. The minimum Gasteiger partial charge on any atom is -0.496 e. The van der Waals surface area contributed by atoms with Crippen LogP contribution in [-0.2, 0) is 4.79 Å². The number of carbonyl (C=O) groups is 1. The zero-order valence-electron chi connectivity index (χ0n) is 16.3. The Kier molecular flexibility index (Phi) is 7.66. The molecule has 2 aromatic carbocycles. The zero-order chi connectivity index (χ0) is 20.6. The molecule has 29 heavy (non-hydrogen) atoms. The Morgan fingerprint density at radius 1 is 1.17 bits per heavy atom. The van der Waals surface area contributed by atoms with Crippen molar-refractivity contribution < 1.29 is 9.53 Å². The van der Waals surface area contributed by atoms with Gasteiger partial charge in [0.2, 0.25) is 5.91 Å². The molecule has 0 saturated carbocycles. The molecule has 0 bridgehead atoms. The summed E-state index contributed by atoms with van der Waals surface area (Å²) in [4.78, 5) is 14.7. The van der Waals surface area contributed by atoms with Gasteiger partial charge >= 0.3 is 0 Å². The van der Waals surface area contributed by atoms with Gasteiger partial charge in [0.1, 0.15) is 5.75 Å². The van der Waals surface area contributed by atoms with Gasteiger partial charge < -0.3 is 15.0 Å². The second kappa shape index (κ2) is 10.4. The van der Waals surface area contributed by atoms with E-state index in [1.54, 1.807) is 13.2 Å². The molecule has 1 amide bonds. The van der Waals surface area contributed by atoms with Crippen molar-refractivity contribution in [2.75, 3.05) is 30.4 Å². The summed E-state index contributed by atoms with van der Waals surface area (Å²) in [6.07, 6.45) is 6.80. The van der Waals surface area contributed by atoms with Crippen molar-refractivity contribution in [3.05, 3.63) is 58.6 Å². The second-order valence-corrected chi connectivity index (χ2v) is 8.05. The van der Waals surface area contributed by atoms with E-state index in [1.165, 1.54) is 25.3 Å². The summed E-state index contributed by atoms with van der Waals surface area (Å²) in [5, 5.41) is 6.13. The molecular weight excluding hydrogens is 450 g/mol. The summed E-state index contributed by atoms with van der Waals surface area (Å²) in [5.74, 6) is 0.383. The van der Waals surface area contributed by atoms with Crippen molar-refractivity contribution in [1.29, 1.82) is 0 Å². The Bertz CT molecular complexity index is 911. The first-order valence-corrected chi connectivity index (χ1v) is 10.7. The molecule has 2 N–H and O–H groups in total. The van der Waals surface area contributed by atoms with Crippen LogP contribution in [0, 0.1) is 0 Å². The lowest BCUT2D eigenvalue weighted by molar-refractivity contribution is -0.115. The third-order valence-electron chi connectivity index (χ3n) is 4.69. The molecule has 0 radical (unpaired) electrons. The van der Waals surface area contributed by atoms with Gasteiger partial charge in [0.05, 0.1) is 18.5 Å². The highest BCUT2D eigenvalue weighted by Gasteiger charge is 2.15. The maximum absolute atomic E-state index is 12.3. The maximum atomic E-state index is 12.3. The minimum atomic E-state index is -0.306. The molecule has 7 heteroatoms. The van der Waals surface area contributed by atoms with Crippen LogP contribution in [0.3, 0.4) is 0 Å². The molecule has 2 aromatic rings. The molecular formula is C22H24BrN3O2S. The summed E-state index contributed by atoms with van der Waals surface area (Å²) in [6, 6.07) is 13.6. The fourth-order valence-electron chi connectivity index (χ4n) is 3.30. The second-order valence-electron chi connectivity index (χ2n) is 6.73. The van der Waals surface area contributed by atoms with Gasteiger partial charge in [0.15, 0.2) is 5.11 Å². The number of piperidine rings is 1. The largest absolute Gasteiger partial charge is 0.496 e. The number of carbonyl (C=O) groups excluding carboxylic acids is 1. The zero-order valence-corrected chi connectivity index (χ0v) is 18.7. The van der Waals surface area contributed by atoms with E-state index in [-0.39, 0.29) is 11.0 Å². The maximum Gasteiger partial charge on any atom is 0.250 e. The average molecular weight is 474 g/mol. The van der Waals surface area contributed by atoms with E-state index >= 15 is 0 Å². The molecule has 3 rings (SSSR count). The highest BCUT2D eigenvalue weighted by molar-refractivity contribution is 9.10. The van der Waals surface area contributed by atoms with E-state index < -0.39 is 0 Å². The first-order valence-electron chi connectivity index (χ1n) is 9.54. The molecule has 0 atom stereocenters. The number of nitrogens with one attached hydrogen (secondary N) is 2. The van der Waals surface area contributed by atoms with Crippen molar-refractivity contribution in [2.45, 2.75) is 19.3 Å². The third-order valence-corrected chi connectivity index (χ3v) is 5.39. The van der Waals surface area contributed by atoms with Crippen LogP contribution in [-0.4, -0.2) is 31.2 Å². The van der Waals surface area contributed by atoms with Gasteiger partial charge in [0.25, 0.3) is 0 Å². The number of benzene rings is 2. The number of thiocarbonyl (C=S) groups is 1. The van der Waals surface area contributed by atoms with Crippen molar-refractivity contribution in [2.24, 2.45) is 0 Å². The smallest absolute Gasteiger partial charge is 0.250 e. The predicted molar refractivity (Wildman–Crippen MR) is 127 cm³/mol. The molecule has 152 valence electrons. The van der Waals surface area contributed by atoms with Crippen LogP contribution in [0.15, 0.2) is 53.0 Å². The molecule has 1 heterocycles. The normalized spacial score (nSPS) is 13.9. The third kappa shape index (κ3) is 6.05. The predicted octanol–water partition coefficient (Wildman–Crippen LogP) is 4.97. The number of para-hydroxylation sites is 2. The lowest BCUT2D eigenvalue weighted by Crippen LogP contribution is -2.34. The SMILES string of the molecule is COc1ccc(Br)cc1C=CC(=O)NC(=S)Nc1ccccc1N1CCCCC1. The average Bonchev–Trinajstić information content (AvgIpc) is 2.73. The van der Waals surface area contributed by atoms with E-state index in [0.717, 1.165) is 34.5 Å². The summed E-state index contributed by atoms with van der Waals surface area (Å²) >= 11 is 8.77. The Labute approximate surface area is 185 Å². The molecule has 0 aliphatic carbocycles. The van der Waals surface area contributed by atoms with Crippen LogP contribution in [0.2, 0.25) is 0 Å². The van der Waals surface area contributed by atoms with Gasteiger partial charge in [0, 0.05) is 29.2 Å². The van der Waals surface area contributed by atoms with Crippen molar-refractivity contribution in [3.8, 4) is 5.75 Å². The minimum absolute atomic E-state index is 0.269. The van der Waals surface area contributed by atoms with Gasteiger partial charge in [-0.15, -0.1) is 0 Å². The fraction of sp³-hybridized carbons (Fsp3) is 0.273. The van der Waals surface area contributed by atoms with Crippen LogP contribution in [0.25, 0.3) is 6.08 Å². The Morgan fingerprint density at radius 2 is 1.93 bits per heavy atom. The molecule has 1 fully saturated rings. The number of halogens is 1. The number of amides is 1. The van der Waals surface area contributed by atoms with E-state index in [4.69, 9.17) is 17.0 Å². The van der Waals surface area contributed by atoms with Gasteiger partial charge in [-0.1, -0.05) is 28.1 Å². The quantitative estimate of drug-likeness (QED) is 0.473. The van der Waals surface area contributed by atoms with Crippen LogP contribution >= 0.6 is 28.1 Å². The Balaban J connectivity index is 1.63. The molecule has 1 saturated heterocycles. The van der Waals surface area contributed by atoms with E-state index in [9.17, 15) is 4.79 Å². The van der Waals surface area contributed by atoms with E-state index in [1.807, 2.05) is 36.4 Å². The van der Waals surface area contributed by atoms with Crippen LogP contribution in [0.1, 0.15) is 24.8 Å². The van der Waals surface area contributed by atoms with Crippen molar-refractivity contribution in [3.63, 3.8) is 0 Å². The number of ether oxygens (including phenoxy) is 1. The first kappa shape index (κ1) is 21.3. The molecule has 1 aliphatic heterocycles. The number of methoxy groups -OCH3 is 1. The standard InChI is InChI=1S/C22H24BrN3O2S/c1-28-20-11-10-17(23)15-16(20)9-12-21(27)25-22(29)24-18-7-3-4-8-19(18)26-13-5-2-6-14-26/h3-4,7-12,15H,2,5-6,13-14H2,1H3,(H2,24,25,27,29). The van der Waals surface area contributed by atoms with Gasteiger partial charge in [-0.3, -0.25) is 10.1 Å². The molecule has 5 nitrogen and oxygen atoms in total. The fourth-order valence-corrected chi connectivity index (χ4v) is 3.89. The summed E-state index contributed by atoms with van der Waals surface area (Å²) in [7, 11) is 1.60. The number of nitrogens with zero attached hydrogens (tertiary/aromatic N) is 1. The Morgan fingerprint density at radius 3 is 2.69 bits per heavy atom. The molecule has 0 spiro atoms. The number of hydrogen-bond acceptors (Lipinski definition) is 4. The van der Waals surface area contributed by atoms with Gasteiger partial charge in [-0.05, 0) is 67.9 Å². The number of rotatable bonds is 5. The lowest BCUT2D eigenvalue weighted by atomic mass is 10.1. The van der Waals surface area contributed by atoms with Crippen LogP contribution in [0.5, 0.6) is 5.75 Å². The van der Waals surface area contributed by atoms with E-state index in [0.29, 0.717) is 5.75 Å². The number of anilines is 2. The van der Waals surface area contributed by atoms with Crippen LogP contribution in [0.4, 0.5) is 11.4 Å². The number of hydrogen-bond donors (Lipinski definition) is 2. The van der Waals surface area contributed by atoms with Crippen LogP contribution < -0.4 is 20.3 Å². The Hall–Kier alpha value is -2.38. The molecule has 0 unspecified atom stereocenters. The molecule has 0 aromatic heterocycles. The summed E-state index contributed by atoms with van der Waals surface area (Å²) in [5.41, 5.74) is 2.81. The topological polar surface area (TPSA) is 53.6 Å². The van der Waals surface area contributed by atoms with Gasteiger partial charge in [-0.25, -0.2) is 0 Å². The molecule has 1 aliphatic rings. The highest BCUT2D eigenvalue weighted by Crippen LogP contribution is 2.28. The van der Waals surface area contributed by atoms with Crippen molar-refractivity contribution >= 4 is 56.6 Å². The van der Waals surface area contributed by atoms with Crippen molar-refractivity contribution in [1.82, 2.24) is 5.32 Å². The summed E-state index contributed by atoms with van der Waals surface area (Å²) in [6.45, 7) is 2.07. The highest BCUT2D eigenvalue weighted by atomic mass is 79.9. The summed E-state index contributed by atoms with van der Waals surface area (Å²) < 4.78 is 6.22. The van der Waals surface area contributed by atoms with Gasteiger partial charge in [-0.2, -0.15) is 0 Å². The first-order chi connectivity index (χ1) is 14.1. The van der Waals surface area contributed by atoms with E-state index in [2.05, 4.69) is 37.5 Å². The monoisotopic (exact) mass is 473 g/mol.